The largest absolute Gasteiger partial charge is 0.497 e. The summed E-state index contributed by atoms with van der Waals surface area (Å²) in [4.78, 5) is 14.8. The monoisotopic (exact) mass is 447 g/mol. The van der Waals surface area contributed by atoms with Crippen LogP contribution in [0.5, 0.6) is 5.75 Å². The molecule has 0 aliphatic carbocycles. The number of aliphatic hydroxyl groups is 1. The molecule has 0 radical (unpaired) electrons. The van der Waals surface area contributed by atoms with Crippen LogP contribution in [0.4, 0.5) is 0 Å². The van der Waals surface area contributed by atoms with Crippen LogP contribution >= 0.6 is 24.8 Å². The number of rotatable bonds is 7. The van der Waals surface area contributed by atoms with Gasteiger partial charge >= 0.3 is 0 Å². The number of amides is 1. The number of benzene rings is 1. The van der Waals surface area contributed by atoms with Crippen molar-refractivity contribution < 1.29 is 14.6 Å². The molecule has 0 aromatic heterocycles. The van der Waals surface area contributed by atoms with Crippen molar-refractivity contribution in [3.63, 3.8) is 0 Å². The average molecular weight is 448 g/mol. The van der Waals surface area contributed by atoms with Gasteiger partial charge in [-0.3, -0.25) is 4.79 Å². The number of nitrogens with zero attached hydrogens (tertiary/aromatic N) is 1. The van der Waals surface area contributed by atoms with E-state index in [0.29, 0.717) is 12.5 Å². The number of hydrogen-bond donors (Lipinski definition) is 3. The molecule has 3 N–H and O–H groups in total. The number of methoxy groups -OCH3 is 1. The Morgan fingerprint density at radius 3 is 2.38 bits per heavy atom. The third kappa shape index (κ3) is 7.95. The number of halogens is 2. The van der Waals surface area contributed by atoms with Gasteiger partial charge in [0.05, 0.1) is 13.2 Å². The summed E-state index contributed by atoms with van der Waals surface area (Å²) in [5.74, 6) is 1.46. The average Bonchev–Trinajstić information content (AvgIpc) is 2.73. The molecule has 3 rings (SSSR count). The maximum atomic E-state index is 12.5. The lowest BCUT2D eigenvalue weighted by Crippen LogP contribution is -2.45. The maximum Gasteiger partial charge on any atom is 0.223 e. The summed E-state index contributed by atoms with van der Waals surface area (Å²) < 4.78 is 5.15. The molecule has 1 aromatic rings. The van der Waals surface area contributed by atoms with E-state index in [1.165, 1.54) is 0 Å². The second-order valence-corrected chi connectivity index (χ2v) is 7.80. The van der Waals surface area contributed by atoms with Gasteiger partial charge < -0.3 is 25.4 Å². The predicted molar refractivity (Wildman–Crippen MR) is 120 cm³/mol. The first-order valence-corrected chi connectivity index (χ1v) is 10.2. The van der Waals surface area contributed by atoms with Crippen molar-refractivity contribution in [2.75, 3.05) is 39.8 Å². The minimum Gasteiger partial charge on any atom is -0.497 e. The Hall–Kier alpha value is -1.05. The highest BCUT2D eigenvalue weighted by Gasteiger charge is 2.28. The highest BCUT2D eigenvalue weighted by Crippen LogP contribution is 2.21. The first-order chi connectivity index (χ1) is 13.2. The molecule has 1 atom stereocenters. The van der Waals surface area contributed by atoms with Crippen LogP contribution in [0.15, 0.2) is 24.3 Å². The van der Waals surface area contributed by atoms with E-state index in [1.807, 2.05) is 24.3 Å². The lowest BCUT2D eigenvalue weighted by molar-refractivity contribution is -0.126. The molecule has 1 amide bonds. The van der Waals surface area contributed by atoms with E-state index in [-0.39, 0.29) is 42.7 Å². The number of carbonyl (C=O) groups excluding carboxylic acids is 1. The van der Waals surface area contributed by atoms with Gasteiger partial charge in [0.2, 0.25) is 5.91 Å². The number of aliphatic hydroxyl groups excluding tert-OH is 1. The summed E-state index contributed by atoms with van der Waals surface area (Å²) in [6.45, 7) is 5.10. The van der Waals surface area contributed by atoms with Crippen LogP contribution in [0.1, 0.15) is 31.2 Å². The highest BCUT2D eigenvalue weighted by molar-refractivity contribution is 5.85. The number of carbonyl (C=O) groups is 1. The second-order valence-electron chi connectivity index (χ2n) is 7.80. The van der Waals surface area contributed by atoms with Crippen LogP contribution in [0.3, 0.4) is 0 Å². The predicted octanol–water partition coefficient (Wildman–Crippen LogP) is 2.23. The van der Waals surface area contributed by atoms with Gasteiger partial charge in [0.25, 0.3) is 0 Å². The molecule has 2 heterocycles. The van der Waals surface area contributed by atoms with E-state index in [0.717, 1.165) is 69.7 Å². The fourth-order valence-corrected chi connectivity index (χ4v) is 4.10. The first-order valence-electron chi connectivity index (χ1n) is 10.2. The number of piperidine rings is 2. The van der Waals surface area contributed by atoms with Gasteiger partial charge in [0.15, 0.2) is 0 Å². The molecule has 2 aliphatic heterocycles. The smallest absolute Gasteiger partial charge is 0.223 e. The van der Waals surface area contributed by atoms with Crippen LogP contribution in [-0.4, -0.2) is 61.9 Å². The lowest BCUT2D eigenvalue weighted by Gasteiger charge is -2.35. The van der Waals surface area contributed by atoms with Gasteiger partial charge in [0, 0.05) is 19.0 Å². The van der Waals surface area contributed by atoms with Gasteiger partial charge in [-0.1, -0.05) is 12.1 Å². The van der Waals surface area contributed by atoms with Crippen molar-refractivity contribution in [1.29, 1.82) is 0 Å². The van der Waals surface area contributed by atoms with Crippen LogP contribution < -0.4 is 15.4 Å². The summed E-state index contributed by atoms with van der Waals surface area (Å²) in [7, 11) is 1.65. The molecule has 2 saturated heterocycles. The summed E-state index contributed by atoms with van der Waals surface area (Å²) in [5.41, 5.74) is 1.08. The van der Waals surface area contributed by atoms with Crippen molar-refractivity contribution in [3.05, 3.63) is 29.8 Å². The summed E-state index contributed by atoms with van der Waals surface area (Å²) in [6, 6.07) is 7.77. The Bertz CT molecular complexity index is 589. The zero-order valence-corrected chi connectivity index (χ0v) is 18.8. The minimum absolute atomic E-state index is 0. The van der Waals surface area contributed by atoms with Crippen LogP contribution in [0.2, 0.25) is 0 Å². The molecule has 0 saturated carbocycles. The Morgan fingerprint density at radius 2 is 1.79 bits per heavy atom. The molecule has 2 aliphatic rings. The number of hydrogen-bond acceptors (Lipinski definition) is 5. The Morgan fingerprint density at radius 1 is 1.17 bits per heavy atom. The zero-order chi connectivity index (χ0) is 19.1. The van der Waals surface area contributed by atoms with E-state index in [1.54, 1.807) is 7.11 Å². The maximum absolute atomic E-state index is 12.5. The summed E-state index contributed by atoms with van der Waals surface area (Å²) in [6.07, 6.45) is 3.62. The van der Waals surface area contributed by atoms with Crippen molar-refractivity contribution in [3.8, 4) is 5.75 Å². The van der Waals surface area contributed by atoms with E-state index >= 15 is 0 Å². The van der Waals surface area contributed by atoms with Crippen molar-refractivity contribution in [2.24, 2.45) is 11.8 Å². The molecular formula is C21H35Cl2N3O3. The molecule has 1 unspecified atom stereocenters. The number of nitrogens with one attached hydrogen (secondary N) is 2. The molecule has 6 nitrogen and oxygen atoms in total. The zero-order valence-electron chi connectivity index (χ0n) is 17.1. The highest BCUT2D eigenvalue weighted by atomic mass is 35.5. The first kappa shape index (κ1) is 26.0. The van der Waals surface area contributed by atoms with E-state index in [2.05, 4.69) is 15.5 Å². The van der Waals surface area contributed by atoms with E-state index in [4.69, 9.17) is 4.74 Å². The van der Waals surface area contributed by atoms with Gasteiger partial charge in [-0.15, -0.1) is 24.8 Å². The molecule has 8 heteroatoms. The quantitative estimate of drug-likeness (QED) is 0.597. The van der Waals surface area contributed by atoms with Gasteiger partial charge in [-0.2, -0.15) is 0 Å². The fraction of sp³-hybridized carbons (Fsp3) is 0.667. The van der Waals surface area contributed by atoms with Crippen molar-refractivity contribution >= 4 is 30.7 Å². The van der Waals surface area contributed by atoms with Crippen molar-refractivity contribution in [1.82, 2.24) is 15.5 Å². The van der Waals surface area contributed by atoms with E-state index < -0.39 is 0 Å². The molecular weight excluding hydrogens is 413 g/mol. The third-order valence-electron chi connectivity index (χ3n) is 5.96. The third-order valence-corrected chi connectivity index (χ3v) is 5.96. The number of β-amino-alcohol motifs (C(OH)–C–C–N with tert-alkyl or cyclic N) is 1. The number of ether oxygens (including phenoxy) is 1. The standard InChI is InChI=1S/C21H33N3O3.2ClH/c1-27-19-4-2-16(3-5-19)14-23-21(26)18-8-12-24(13-9-18)15-20(25)17-6-10-22-11-7-17;;/h2-5,17-18,20,22,25H,6-15H2,1H3,(H,23,26);2*1H. The second kappa shape index (κ2) is 13.3. The molecule has 0 spiro atoms. The SMILES string of the molecule is COc1ccc(CNC(=O)C2CCN(CC(O)C3CCNCC3)CC2)cc1.Cl.Cl. The molecule has 2 fully saturated rings. The molecule has 1 aromatic carbocycles. The molecule has 0 bridgehead atoms. The summed E-state index contributed by atoms with van der Waals surface area (Å²) in [5, 5.41) is 16.9. The van der Waals surface area contributed by atoms with E-state index in [9.17, 15) is 9.90 Å². The van der Waals surface area contributed by atoms with Gasteiger partial charge in [0.1, 0.15) is 5.75 Å². The Kier molecular flexibility index (Phi) is 11.9. The Balaban J connectivity index is 0.00000210. The fourth-order valence-electron chi connectivity index (χ4n) is 4.10. The van der Waals surface area contributed by atoms with Crippen LogP contribution in [0.25, 0.3) is 0 Å². The lowest BCUT2D eigenvalue weighted by atomic mass is 9.90. The topological polar surface area (TPSA) is 73.8 Å². The normalized spacial score (nSPS) is 19.5. The van der Waals surface area contributed by atoms with Gasteiger partial charge in [-0.25, -0.2) is 0 Å². The van der Waals surface area contributed by atoms with Crippen molar-refractivity contribution in [2.45, 2.75) is 38.3 Å². The Labute approximate surface area is 186 Å². The molecule has 29 heavy (non-hydrogen) atoms. The summed E-state index contributed by atoms with van der Waals surface area (Å²) >= 11 is 0. The van der Waals surface area contributed by atoms with Gasteiger partial charge in [-0.05, 0) is 75.5 Å². The number of likely N-dealkylation sites (tertiary alicyclic amines) is 1. The minimum atomic E-state index is -0.243. The van der Waals surface area contributed by atoms with Crippen LogP contribution in [-0.2, 0) is 11.3 Å². The van der Waals surface area contributed by atoms with Crippen LogP contribution in [0, 0.1) is 11.8 Å². The molecule has 166 valence electrons.